The van der Waals surface area contributed by atoms with Crippen molar-refractivity contribution in [1.29, 1.82) is 0 Å². The van der Waals surface area contributed by atoms with E-state index < -0.39 is 5.82 Å². The normalized spacial score (nSPS) is 10.5. The number of aryl methyl sites for hydroxylation is 1. The summed E-state index contributed by atoms with van der Waals surface area (Å²) in [7, 11) is 1.68. The van der Waals surface area contributed by atoms with Gasteiger partial charge in [-0.2, -0.15) is 0 Å². The predicted octanol–water partition coefficient (Wildman–Crippen LogP) is 5.76. The molecular formula is C21H18FIN2O. The van der Waals surface area contributed by atoms with Gasteiger partial charge in [0.2, 0.25) is 0 Å². The van der Waals surface area contributed by atoms with Gasteiger partial charge in [0.05, 0.1) is 11.3 Å². The number of carbonyl (C=O) groups excluding carboxylic acids is 1. The molecule has 0 fully saturated rings. The number of carbonyl (C=O) groups is 1. The smallest absolute Gasteiger partial charge is 0.260 e. The summed E-state index contributed by atoms with van der Waals surface area (Å²) in [6.07, 6.45) is 0. The zero-order chi connectivity index (χ0) is 18.7. The molecule has 3 nitrogen and oxygen atoms in total. The van der Waals surface area contributed by atoms with Gasteiger partial charge in [0, 0.05) is 22.0 Å². The Labute approximate surface area is 166 Å². The van der Waals surface area contributed by atoms with Crippen LogP contribution >= 0.6 is 22.6 Å². The Bertz CT molecular complexity index is 944. The van der Waals surface area contributed by atoms with E-state index in [2.05, 4.69) is 27.9 Å². The summed E-state index contributed by atoms with van der Waals surface area (Å²) in [5, 5.41) is 3.10. The highest BCUT2D eigenvalue weighted by molar-refractivity contribution is 14.1. The molecule has 0 saturated carbocycles. The molecule has 1 amide bonds. The minimum absolute atomic E-state index is 0.185. The van der Waals surface area contributed by atoms with Crippen molar-refractivity contribution < 1.29 is 9.18 Å². The summed E-state index contributed by atoms with van der Waals surface area (Å²) in [5.74, 6) is -0.739. The van der Waals surface area contributed by atoms with Crippen molar-refractivity contribution in [1.82, 2.24) is 0 Å². The first kappa shape index (κ1) is 18.4. The number of nitrogens with zero attached hydrogens (tertiary/aromatic N) is 1. The van der Waals surface area contributed by atoms with Crippen LogP contribution in [-0.2, 0) is 0 Å². The number of anilines is 3. The molecule has 0 bridgehead atoms. The molecule has 26 heavy (non-hydrogen) atoms. The van der Waals surface area contributed by atoms with Crippen LogP contribution in [0.5, 0.6) is 0 Å². The first-order valence-corrected chi connectivity index (χ1v) is 9.20. The van der Waals surface area contributed by atoms with Crippen molar-refractivity contribution in [3.05, 3.63) is 87.2 Å². The predicted molar refractivity (Wildman–Crippen MR) is 113 cm³/mol. The molecule has 5 heteroatoms. The van der Waals surface area contributed by atoms with Crippen LogP contribution in [0.1, 0.15) is 15.9 Å². The SMILES string of the molecule is Cc1cc(I)ccc1Nc1c(F)cccc1C(=O)N(C)c1ccccc1. The van der Waals surface area contributed by atoms with Crippen molar-refractivity contribution in [2.75, 3.05) is 17.3 Å². The molecule has 132 valence electrons. The van der Waals surface area contributed by atoms with Gasteiger partial charge in [-0.25, -0.2) is 4.39 Å². The lowest BCUT2D eigenvalue weighted by atomic mass is 10.1. The topological polar surface area (TPSA) is 32.3 Å². The Hall–Kier alpha value is -2.41. The molecule has 0 heterocycles. The lowest BCUT2D eigenvalue weighted by molar-refractivity contribution is 0.0993. The molecule has 0 aliphatic heterocycles. The average Bonchev–Trinajstić information content (AvgIpc) is 2.65. The van der Waals surface area contributed by atoms with Gasteiger partial charge in [-0.1, -0.05) is 24.3 Å². The number of benzene rings is 3. The number of amides is 1. The number of rotatable bonds is 4. The van der Waals surface area contributed by atoms with E-state index in [0.717, 1.165) is 20.5 Å². The zero-order valence-electron chi connectivity index (χ0n) is 14.5. The maximum absolute atomic E-state index is 14.5. The van der Waals surface area contributed by atoms with Gasteiger partial charge < -0.3 is 10.2 Å². The maximum Gasteiger partial charge on any atom is 0.260 e. The average molecular weight is 460 g/mol. The second-order valence-corrected chi connectivity index (χ2v) is 7.19. The van der Waals surface area contributed by atoms with Gasteiger partial charge in [-0.15, -0.1) is 0 Å². The van der Waals surface area contributed by atoms with Gasteiger partial charge in [0.1, 0.15) is 5.82 Å². The minimum atomic E-state index is -0.463. The van der Waals surface area contributed by atoms with Gasteiger partial charge >= 0.3 is 0 Å². The number of hydrogen-bond donors (Lipinski definition) is 1. The third-order valence-electron chi connectivity index (χ3n) is 4.14. The highest BCUT2D eigenvalue weighted by atomic mass is 127. The van der Waals surface area contributed by atoms with Crippen LogP contribution in [0, 0.1) is 16.3 Å². The first-order chi connectivity index (χ1) is 12.5. The first-order valence-electron chi connectivity index (χ1n) is 8.12. The van der Waals surface area contributed by atoms with Gasteiger partial charge in [-0.3, -0.25) is 4.79 Å². The maximum atomic E-state index is 14.5. The van der Waals surface area contributed by atoms with Crippen molar-refractivity contribution in [3.63, 3.8) is 0 Å². The molecular weight excluding hydrogens is 442 g/mol. The molecule has 0 unspecified atom stereocenters. The van der Waals surface area contributed by atoms with E-state index in [1.807, 2.05) is 55.5 Å². The van der Waals surface area contributed by atoms with Crippen LogP contribution in [-0.4, -0.2) is 13.0 Å². The number of halogens is 2. The van der Waals surface area contributed by atoms with Crippen molar-refractivity contribution in [2.45, 2.75) is 6.92 Å². The monoisotopic (exact) mass is 460 g/mol. The van der Waals surface area contributed by atoms with Gasteiger partial charge in [-0.05, 0) is 77.5 Å². The highest BCUT2D eigenvalue weighted by Crippen LogP contribution is 2.29. The Balaban J connectivity index is 1.98. The second kappa shape index (κ2) is 7.86. The summed E-state index contributed by atoms with van der Waals surface area (Å²) in [6.45, 7) is 1.95. The molecule has 3 rings (SSSR count). The lowest BCUT2D eigenvalue weighted by Gasteiger charge is -2.20. The molecule has 0 radical (unpaired) electrons. The van der Waals surface area contributed by atoms with E-state index in [9.17, 15) is 9.18 Å². The fourth-order valence-corrected chi connectivity index (χ4v) is 3.33. The van der Waals surface area contributed by atoms with E-state index in [0.29, 0.717) is 0 Å². The number of para-hydroxylation sites is 2. The molecule has 0 saturated heterocycles. The number of nitrogens with one attached hydrogen (secondary N) is 1. The van der Waals surface area contributed by atoms with E-state index in [1.54, 1.807) is 19.2 Å². The molecule has 0 aliphatic carbocycles. The standard InChI is InChI=1S/C21H18FIN2O/c1-14-13-15(23)11-12-19(14)24-20-17(9-6-10-18(20)22)21(26)25(2)16-7-4-3-5-8-16/h3-13,24H,1-2H3. The highest BCUT2D eigenvalue weighted by Gasteiger charge is 2.20. The zero-order valence-corrected chi connectivity index (χ0v) is 16.6. The molecule has 1 N–H and O–H groups in total. The summed E-state index contributed by atoms with van der Waals surface area (Å²) in [5.41, 5.74) is 2.97. The van der Waals surface area contributed by atoms with Crippen LogP contribution in [0.3, 0.4) is 0 Å². The minimum Gasteiger partial charge on any atom is -0.352 e. The van der Waals surface area contributed by atoms with E-state index in [4.69, 9.17) is 0 Å². The molecule has 0 aromatic heterocycles. The molecule has 3 aromatic rings. The van der Waals surface area contributed by atoms with E-state index >= 15 is 0 Å². The molecule has 0 aliphatic rings. The van der Waals surface area contributed by atoms with Crippen molar-refractivity contribution in [2.24, 2.45) is 0 Å². The summed E-state index contributed by atoms with van der Waals surface area (Å²) >= 11 is 2.23. The fraction of sp³-hybridized carbons (Fsp3) is 0.0952. The lowest BCUT2D eigenvalue weighted by Crippen LogP contribution is -2.27. The third kappa shape index (κ3) is 3.88. The van der Waals surface area contributed by atoms with Gasteiger partial charge in [0.15, 0.2) is 0 Å². The Morgan fingerprint density at radius 3 is 2.46 bits per heavy atom. The van der Waals surface area contributed by atoms with Crippen LogP contribution in [0.4, 0.5) is 21.5 Å². The molecule has 0 spiro atoms. The summed E-state index contributed by atoms with van der Waals surface area (Å²) < 4.78 is 15.6. The van der Waals surface area contributed by atoms with Gasteiger partial charge in [0.25, 0.3) is 5.91 Å². The largest absolute Gasteiger partial charge is 0.352 e. The fourth-order valence-electron chi connectivity index (χ4n) is 2.68. The van der Waals surface area contributed by atoms with E-state index in [1.165, 1.54) is 11.0 Å². The Morgan fingerprint density at radius 2 is 1.77 bits per heavy atom. The Morgan fingerprint density at radius 1 is 1.04 bits per heavy atom. The molecule has 3 aromatic carbocycles. The Kier molecular flexibility index (Phi) is 5.56. The second-order valence-electron chi connectivity index (χ2n) is 5.95. The third-order valence-corrected chi connectivity index (χ3v) is 4.81. The van der Waals surface area contributed by atoms with Crippen LogP contribution in [0.25, 0.3) is 0 Å². The molecule has 0 atom stereocenters. The van der Waals surface area contributed by atoms with Crippen LogP contribution < -0.4 is 10.2 Å². The van der Waals surface area contributed by atoms with Crippen molar-refractivity contribution in [3.8, 4) is 0 Å². The van der Waals surface area contributed by atoms with Crippen molar-refractivity contribution >= 4 is 45.6 Å². The quantitative estimate of drug-likeness (QED) is 0.503. The number of hydrogen-bond acceptors (Lipinski definition) is 2. The summed E-state index contributed by atoms with van der Waals surface area (Å²) in [4.78, 5) is 14.5. The van der Waals surface area contributed by atoms with Crippen LogP contribution in [0.15, 0.2) is 66.7 Å². The van der Waals surface area contributed by atoms with Crippen LogP contribution in [0.2, 0.25) is 0 Å². The summed E-state index contributed by atoms with van der Waals surface area (Å²) in [6, 6.07) is 19.6. The van der Waals surface area contributed by atoms with E-state index in [-0.39, 0.29) is 17.2 Å².